The second-order valence-corrected chi connectivity index (χ2v) is 10.1. The molecule has 6 bridgehead atoms. The van der Waals surface area contributed by atoms with Gasteiger partial charge in [-0.3, -0.25) is 4.90 Å². The first-order valence-electron chi connectivity index (χ1n) is 11.8. The Balaban J connectivity index is 1.47. The van der Waals surface area contributed by atoms with E-state index in [1.54, 1.807) is 11.3 Å². The van der Waals surface area contributed by atoms with Crippen LogP contribution < -0.4 is 10.2 Å². The first-order valence-corrected chi connectivity index (χ1v) is 12.6. The van der Waals surface area contributed by atoms with Gasteiger partial charge in [0, 0.05) is 61.7 Å². The molecule has 1 aromatic carbocycles. The summed E-state index contributed by atoms with van der Waals surface area (Å²) in [6, 6.07) is 12.8. The van der Waals surface area contributed by atoms with E-state index in [0.717, 1.165) is 55.5 Å². The van der Waals surface area contributed by atoms with Crippen LogP contribution in [0.5, 0.6) is 0 Å². The Morgan fingerprint density at radius 2 is 1.85 bits per heavy atom. The molecule has 8 heteroatoms. The first kappa shape index (κ1) is 23.0. The van der Waals surface area contributed by atoms with E-state index < -0.39 is 0 Å². The third-order valence-electron chi connectivity index (χ3n) is 6.23. The number of fused-ring (bicyclic) bond motifs is 7. The average molecular weight is 477 g/mol. The number of benzene rings is 1. The quantitative estimate of drug-likeness (QED) is 0.528. The number of anilines is 3. The van der Waals surface area contributed by atoms with Crippen molar-refractivity contribution in [3.8, 4) is 10.6 Å². The molecular weight excluding hydrogens is 444 g/mol. The number of nitrogens with zero attached hydrogens (tertiary/aromatic N) is 5. The molecule has 1 N–H and O–H groups in total. The van der Waals surface area contributed by atoms with Gasteiger partial charge in [-0.25, -0.2) is 9.97 Å². The van der Waals surface area contributed by atoms with Crippen molar-refractivity contribution in [3.63, 3.8) is 0 Å². The maximum absolute atomic E-state index is 5.86. The molecule has 3 aromatic rings. The van der Waals surface area contributed by atoms with E-state index in [4.69, 9.17) is 9.72 Å². The molecule has 5 rings (SSSR count). The standard InChI is InChI=1S/C26H32N6OS/c1-30-12-14-32(15-13-30)24-7-5-21-17-20(24)18-31(2)11-3-4-16-33-19-22-6-8-25(34-22)23-9-10-27-26(28-21)29-23/h3-10,17H,11-16,18-19H2,1-2H3,(H,27,28,29)/b4-3+. The lowest BCUT2D eigenvalue weighted by Crippen LogP contribution is -2.45. The van der Waals surface area contributed by atoms with Gasteiger partial charge in [-0.05, 0) is 56.1 Å². The van der Waals surface area contributed by atoms with Crippen LogP contribution in [0, 0.1) is 0 Å². The first-order chi connectivity index (χ1) is 16.6. The van der Waals surface area contributed by atoms with Crippen LogP contribution in [0.1, 0.15) is 10.4 Å². The Morgan fingerprint density at radius 3 is 2.74 bits per heavy atom. The smallest absolute Gasteiger partial charge is 0.227 e. The van der Waals surface area contributed by atoms with Crippen molar-refractivity contribution < 1.29 is 4.74 Å². The summed E-state index contributed by atoms with van der Waals surface area (Å²) in [5, 5.41) is 3.44. The van der Waals surface area contributed by atoms with E-state index in [1.807, 2.05) is 12.3 Å². The Bertz CT molecular complexity index is 1140. The maximum atomic E-state index is 5.86. The van der Waals surface area contributed by atoms with Crippen molar-refractivity contribution in [2.45, 2.75) is 13.2 Å². The lowest BCUT2D eigenvalue weighted by molar-refractivity contribution is 0.151. The number of hydrogen-bond acceptors (Lipinski definition) is 8. The molecule has 0 saturated carbocycles. The number of rotatable bonds is 1. The number of ether oxygens (including phenoxy) is 1. The Labute approximate surface area is 205 Å². The van der Waals surface area contributed by atoms with Crippen molar-refractivity contribution in [1.29, 1.82) is 0 Å². The molecule has 2 aliphatic rings. The topological polar surface area (TPSA) is 56.8 Å². The maximum Gasteiger partial charge on any atom is 0.227 e. The number of likely N-dealkylation sites (N-methyl/N-ethyl adjacent to an activating group) is 2. The number of aromatic nitrogens is 2. The predicted molar refractivity (Wildman–Crippen MR) is 140 cm³/mol. The van der Waals surface area contributed by atoms with Crippen LogP contribution in [0.4, 0.5) is 17.3 Å². The van der Waals surface area contributed by atoms with E-state index in [9.17, 15) is 0 Å². The minimum atomic E-state index is 0.611. The monoisotopic (exact) mass is 476 g/mol. The number of nitrogens with one attached hydrogen (secondary N) is 1. The van der Waals surface area contributed by atoms with E-state index in [1.165, 1.54) is 16.1 Å². The van der Waals surface area contributed by atoms with Gasteiger partial charge in [0.15, 0.2) is 0 Å². The number of hydrogen-bond donors (Lipinski definition) is 1. The fraction of sp³-hybridized carbons (Fsp3) is 0.385. The van der Waals surface area contributed by atoms with Crippen molar-refractivity contribution in [3.05, 3.63) is 65.2 Å². The van der Waals surface area contributed by atoms with Gasteiger partial charge in [-0.15, -0.1) is 11.3 Å². The Morgan fingerprint density at radius 1 is 0.971 bits per heavy atom. The van der Waals surface area contributed by atoms with Crippen LogP contribution >= 0.6 is 11.3 Å². The largest absolute Gasteiger partial charge is 0.372 e. The number of piperazine rings is 1. The molecule has 0 atom stereocenters. The molecule has 0 unspecified atom stereocenters. The second kappa shape index (κ2) is 10.7. The minimum absolute atomic E-state index is 0.611. The van der Waals surface area contributed by atoms with Gasteiger partial charge in [0.2, 0.25) is 5.95 Å². The predicted octanol–water partition coefficient (Wildman–Crippen LogP) is 4.22. The van der Waals surface area contributed by atoms with Gasteiger partial charge >= 0.3 is 0 Å². The summed E-state index contributed by atoms with van der Waals surface area (Å²) in [5.41, 5.74) is 4.55. The minimum Gasteiger partial charge on any atom is -0.372 e. The van der Waals surface area contributed by atoms with Crippen molar-refractivity contribution in [1.82, 2.24) is 19.8 Å². The highest BCUT2D eigenvalue weighted by molar-refractivity contribution is 7.15. The molecule has 0 radical (unpaired) electrons. The fourth-order valence-electron chi connectivity index (χ4n) is 4.33. The van der Waals surface area contributed by atoms with Crippen LogP contribution in [0.15, 0.2) is 54.7 Å². The SMILES string of the molecule is CN1CCN(c2ccc3cc2CN(C)C/C=C/COCc2ccc(s2)-c2ccnc(n2)N3)CC1. The summed E-state index contributed by atoms with van der Waals surface area (Å²) in [5.74, 6) is 0.611. The summed E-state index contributed by atoms with van der Waals surface area (Å²) in [7, 11) is 4.36. The normalized spacial score (nSPS) is 19.2. The molecule has 1 saturated heterocycles. The van der Waals surface area contributed by atoms with Crippen LogP contribution in [0.2, 0.25) is 0 Å². The van der Waals surface area contributed by atoms with Crippen molar-refractivity contribution in [2.75, 3.05) is 63.6 Å². The van der Waals surface area contributed by atoms with Gasteiger partial charge in [0.05, 0.1) is 23.8 Å². The third-order valence-corrected chi connectivity index (χ3v) is 7.31. The molecule has 0 amide bonds. The molecule has 2 aromatic heterocycles. The van der Waals surface area contributed by atoms with Crippen molar-refractivity contribution >= 4 is 28.7 Å². The van der Waals surface area contributed by atoms with E-state index in [2.05, 4.69) is 81.6 Å². The van der Waals surface area contributed by atoms with Gasteiger partial charge in [0.1, 0.15) is 0 Å². The van der Waals surface area contributed by atoms with Gasteiger partial charge in [-0.2, -0.15) is 0 Å². The molecule has 2 aliphatic heterocycles. The Hall–Kier alpha value is -2.78. The summed E-state index contributed by atoms with van der Waals surface area (Å²) in [6.07, 6.45) is 6.13. The molecule has 178 valence electrons. The van der Waals surface area contributed by atoms with Crippen LogP contribution in [-0.4, -0.2) is 73.2 Å². The van der Waals surface area contributed by atoms with Crippen LogP contribution in [-0.2, 0) is 17.9 Å². The summed E-state index contributed by atoms with van der Waals surface area (Å²) >= 11 is 1.71. The highest BCUT2D eigenvalue weighted by Crippen LogP contribution is 2.30. The lowest BCUT2D eigenvalue weighted by Gasteiger charge is -2.35. The zero-order valence-electron chi connectivity index (χ0n) is 19.9. The zero-order valence-corrected chi connectivity index (χ0v) is 20.7. The Kier molecular flexibility index (Phi) is 7.20. The van der Waals surface area contributed by atoms with Gasteiger partial charge < -0.3 is 19.9 Å². The lowest BCUT2D eigenvalue weighted by atomic mass is 10.1. The van der Waals surface area contributed by atoms with E-state index >= 15 is 0 Å². The molecule has 0 spiro atoms. The third kappa shape index (κ3) is 5.64. The van der Waals surface area contributed by atoms with Gasteiger partial charge in [-0.1, -0.05) is 12.2 Å². The zero-order chi connectivity index (χ0) is 23.3. The summed E-state index contributed by atoms with van der Waals surface area (Å²) < 4.78 is 5.86. The molecular formula is C26H32N6OS. The second-order valence-electron chi connectivity index (χ2n) is 8.97. The van der Waals surface area contributed by atoms with E-state index in [-0.39, 0.29) is 0 Å². The summed E-state index contributed by atoms with van der Waals surface area (Å²) in [4.78, 5) is 18.8. The average Bonchev–Trinajstić information content (AvgIpc) is 3.31. The molecule has 34 heavy (non-hydrogen) atoms. The highest BCUT2D eigenvalue weighted by Gasteiger charge is 2.18. The molecule has 7 nitrogen and oxygen atoms in total. The van der Waals surface area contributed by atoms with Crippen LogP contribution in [0.3, 0.4) is 0 Å². The molecule has 4 heterocycles. The highest BCUT2D eigenvalue weighted by atomic mass is 32.1. The fourth-order valence-corrected chi connectivity index (χ4v) is 5.24. The molecule has 1 fully saturated rings. The van der Waals surface area contributed by atoms with Gasteiger partial charge in [0.25, 0.3) is 0 Å². The van der Waals surface area contributed by atoms with E-state index in [0.29, 0.717) is 19.2 Å². The number of thiophene rings is 1. The summed E-state index contributed by atoms with van der Waals surface area (Å²) in [6.45, 7) is 7.23. The van der Waals surface area contributed by atoms with Crippen LogP contribution in [0.25, 0.3) is 10.6 Å². The van der Waals surface area contributed by atoms with Crippen molar-refractivity contribution in [2.24, 2.45) is 0 Å². The molecule has 0 aliphatic carbocycles.